The van der Waals surface area contributed by atoms with Gasteiger partial charge in [-0.15, -0.1) is 0 Å². The standard InChI is InChI=1S/C19H23N3O3/c1-3-13-9-17(12(2)21-18(13)23)14-8-16(11-20-10-14)25-19(24)22-15-6-4-5-7-15/h8-11,15H,3-7H2,1-2H3,(H,21,23)(H,22,24). The van der Waals surface area contributed by atoms with Crippen LogP contribution in [0.1, 0.15) is 43.9 Å². The number of amides is 1. The molecule has 1 amide bonds. The van der Waals surface area contributed by atoms with Crippen LogP contribution in [0.5, 0.6) is 5.75 Å². The normalized spacial score (nSPS) is 14.5. The molecule has 2 heterocycles. The fourth-order valence-electron chi connectivity index (χ4n) is 3.22. The minimum Gasteiger partial charge on any atom is -0.409 e. The molecule has 132 valence electrons. The summed E-state index contributed by atoms with van der Waals surface area (Å²) < 4.78 is 5.37. The molecule has 0 aliphatic heterocycles. The molecule has 0 radical (unpaired) electrons. The van der Waals surface area contributed by atoms with E-state index in [-0.39, 0.29) is 11.6 Å². The Hall–Kier alpha value is -2.63. The van der Waals surface area contributed by atoms with Crippen LogP contribution in [0.25, 0.3) is 11.1 Å². The number of carbonyl (C=O) groups is 1. The van der Waals surface area contributed by atoms with E-state index in [9.17, 15) is 9.59 Å². The van der Waals surface area contributed by atoms with E-state index >= 15 is 0 Å². The third-order valence-corrected chi connectivity index (χ3v) is 4.61. The summed E-state index contributed by atoms with van der Waals surface area (Å²) in [5, 5.41) is 2.89. The second-order valence-corrected chi connectivity index (χ2v) is 6.44. The molecule has 0 unspecified atom stereocenters. The molecule has 1 saturated carbocycles. The first kappa shape index (κ1) is 17.2. The highest BCUT2D eigenvalue weighted by molar-refractivity contribution is 5.72. The molecule has 3 rings (SSSR count). The summed E-state index contributed by atoms with van der Waals surface area (Å²) in [5.74, 6) is 0.386. The Morgan fingerprint density at radius 3 is 2.80 bits per heavy atom. The van der Waals surface area contributed by atoms with Gasteiger partial charge in [0, 0.05) is 34.6 Å². The highest BCUT2D eigenvalue weighted by atomic mass is 16.6. The summed E-state index contributed by atoms with van der Waals surface area (Å²) in [7, 11) is 0. The Morgan fingerprint density at radius 1 is 1.32 bits per heavy atom. The van der Waals surface area contributed by atoms with Crippen LogP contribution in [0.4, 0.5) is 4.79 Å². The number of hydrogen-bond donors (Lipinski definition) is 2. The maximum Gasteiger partial charge on any atom is 0.412 e. The monoisotopic (exact) mass is 341 g/mol. The first-order valence-electron chi connectivity index (χ1n) is 8.73. The molecule has 6 heteroatoms. The summed E-state index contributed by atoms with van der Waals surface area (Å²) in [6.07, 6.45) is 7.71. The smallest absolute Gasteiger partial charge is 0.409 e. The van der Waals surface area contributed by atoms with Crippen LogP contribution in [-0.4, -0.2) is 22.1 Å². The molecule has 1 aliphatic rings. The van der Waals surface area contributed by atoms with Gasteiger partial charge in [0.15, 0.2) is 5.75 Å². The van der Waals surface area contributed by atoms with Gasteiger partial charge in [0.2, 0.25) is 0 Å². The molecule has 2 aromatic heterocycles. The van der Waals surface area contributed by atoms with Crippen LogP contribution in [0.2, 0.25) is 0 Å². The molecule has 25 heavy (non-hydrogen) atoms. The van der Waals surface area contributed by atoms with E-state index in [1.54, 1.807) is 12.3 Å². The Balaban J connectivity index is 1.79. The van der Waals surface area contributed by atoms with Crippen molar-refractivity contribution in [3.63, 3.8) is 0 Å². The molecule has 0 bridgehead atoms. The zero-order valence-corrected chi connectivity index (χ0v) is 14.6. The summed E-state index contributed by atoms with van der Waals surface area (Å²) in [6, 6.07) is 3.84. The molecule has 6 nitrogen and oxygen atoms in total. The minimum atomic E-state index is -0.446. The van der Waals surface area contributed by atoms with E-state index in [2.05, 4.69) is 15.3 Å². The fourth-order valence-corrected chi connectivity index (χ4v) is 3.22. The topological polar surface area (TPSA) is 84.1 Å². The van der Waals surface area contributed by atoms with Crippen LogP contribution >= 0.6 is 0 Å². The zero-order valence-electron chi connectivity index (χ0n) is 14.6. The lowest BCUT2D eigenvalue weighted by atomic mass is 10.0. The van der Waals surface area contributed by atoms with Gasteiger partial charge in [-0.2, -0.15) is 0 Å². The number of H-pyrrole nitrogens is 1. The van der Waals surface area contributed by atoms with Crippen molar-refractivity contribution in [3.8, 4) is 16.9 Å². The van der Waals surface area contributed by atoms with Gasteiger partial charge in [0.25, 0.3) is 5.56 Å². The van der Waals surface area contributed by atoms with Gasteiger partial charge in [-0.05, 0) is 38.3 Å². The van der Waals surface area contributed by atoms with Crippen molar-refractivity contribution in [3.05, 3.63) is 46.1 Å². The third-order valence-electron chi connectivity index (χ3n) is 4.61. The number of nitrogens with one attached hydrogen (secondary N) is 2. The quantitative estimate of drug-likeness (QED) is 0.893. The van der Waals surface area contributed by atoms with Gasteiger partial charge in [0.05, 0.1) is 6.20 Å². The molecule has 0 atom stereocenters. The van der Waals surface area contributed by atoms with E-state index < -0.39 is 6.09 Å². The van der Waals surface area contributed by atoms with Crippen molar-refractivity contribution in [1.82, 2.24) is 15.3 Å². The van der Waals surface area contributed by atoms with Crippen molar-refractivity contribution in [2.45, 2.75) is 52.0 Å². The van der Waals surface area contributed by atoms with Crippen LogP contribution in [0.3, 0.4) is 0 Å². The van der Waals surface area contributed by atoms with Gasteiger partial charge in [0.1, 0.15) is 0 Å². The van der Waals surface area contributed by atoms with E-state index in [0.29, 0.717) is 17.7 Å². The Labute approximate surface area is 146 Å². The maximum atomic E-state index is 12.0. The largest absolute Gasteiger partial charge is 0.412 e. The molecule has 2 N–H and O–H groups in total. The highest BCUT2D eigenvalue weighted by Crippen LogP contribution is 2.25. The Bertz CT molecular complexity index is 823. The molecular formula is C19H23N3O3. The lowest BCUT2D eigenvalue weighted by molar-refractivity contribution is 0.196. The second-order valence-electron chi connectivity index (χ2n) is 6.44. The number of ether oxygens (including phenoxy) is 1. The van der Waals surface area contributed by atoms with Crippen molar-refractivity contribution < 1.29 is 9.53 Å². The average molecular weight is 341 g/mol. The number of nitrogens with zero attached hydrogens (tertiary/aromatic N) is 1. The third kappa shape index (κ3) is 4.07. The van der Waals surface area contributed by atoms with E-state index in [4.69, 9.17) is 4.74 Å². The lowest BCUT2D eigenvalue weighted by Crippen LogP contribution is -2.34. The van der Waals surface area contributed by atoms with Crippen LogP contribution in [0, 0.1) is 6.92 Å². The average Bonchev–Trinajstić information content (AvgIpc) is 3.08. The Kier molecular flexibility index (Phi) is 5.16. The molecule has 0 spiro atoms. The molecule has 0 saturated heterocycles. The van der Waals surface area contributed by atoms with Crippen molar-refractivity contribution in [2.75, 3.05) is 0 Å². The number of aromatic amines is 1. The lowest BCUT2D eigenvalue weighted by Gasteiger charge is -2.13. The highest BCUT2D eigenvalue weighted by Gasteiger charge is 2.18. The summed E-state index contributed by atoms with van der Waals surface area (Å²) in [5.41, 5.74) is 3.09. The molecule has 0 aromatic carbocycles. The number of aryl methyl sites for hydroxylation is 2. The first-order chi connectivity index (χ1) is 12.1. The first-order valence-corrected chi connectivity index (χ1v) is 8.73. The van der Waals surface area contributed by atoms with Gasteiger partial charge in [-0.3, -0.25) is 9.78 Å². The van der Waals surface area contributed by atoms with Gasteiger partial charge in [-0.25, -0.2) is 4.79 Å². The summed E-state index contributed by atoms with van der Waals surface area (Å²) in [4.78, 5) is 30.9. The molecule has 2 aromatic rings. The fraction of sp³-hybridized carbons (Fsp3) is 0.421. The van der Waals surface area contributed by atoms with Crippen LogP contribution < -0.4 is 15.6 Å². The second kappa shape index (κ2) is 7.51. The van der Waals surface area contributed by atoms with Crippen molar-refractivity contribution in [2.24, 2.45) is 0 Å². The molecular weight excluding hydrogens is 318 g/mol. The predicted molar refractivity (Wildman–Crippen MR) is 95.8 cm³/mol. The maximum absolute atomic E-state index is 12.0. The number of hydrogen-bond acceptors (Lipinski definition) is 4. The molecule has 1 aliphatic carbocycles. The Morgan fingerprint density at radius 2 is 2.08 bits per heavy atom. The van der Waals surface area contributed by atoms with Gasteiger partial charge >= 0.3 is 6.09 Å². The van der Waals surface area contributed by atoms with Crippen molar-refractivity contribution in [1.29, 1.82) is 0 Å². The zero-order chi connectivity index (χ0) is 17.8. The van der Waals surface area contributed by atoms with E-state index in [1.807, 2.05) is 19.9 Å². The summed E-state index contributed by atoms with van der Waals surface area (Å²) >= 11 is 0. The van der Waals surface area contributed by atoms with E-state index in [0.717, 1.165) is 42.5 Å². The number of carbonyl (C=O) groups excluding carboxylic acids is 1. The van der Waals surface area contributed by atoms with Gasteiger partial charge in [-0.1, -0.05) is 19.8 Å². The minimum absolute atomic E-state index is 0.0694. The predicted octanol–water partition coefficient (Wildman–Crippen LogP) is 3.34. The summed E-state index contributed by atoms with van der Waals surface area (Å²) in [6.45, 7) is 3.78. The van der Waals surface area contributed by atoms with Crippen molar-refractivity contribution >= 4 is 6.09 Å². The number of aromatic nitrogens is 2. The molecule has 1 fully saturated rings. The SMILES string of the molecule is CCc1cc(-c2cncc(OC(=O)NC3CCCC3)c2)c(C)[nH]c1=O. The number of rotatable bonds is 4. The van der Waals surface area contributed by atoms with Gasteiger partial charge < -0.3 is 15.0 Å². The van der Waals surface area contributed by atoms with Crippen LogP contribution in [0.15, 0.2) is 29.3 Å². The van der Waals surface area contributed by atoms with E-state index in [1.165, 1.54) is 6.20 Å². The van der Waals surface area contributed by atoms with Crippen LogP contribution in [-0.2, 0) is 6.42 Å². The number of pyridine rings is 2.